The third kappa shape index (κ3) is 5.23. The summed E-state index contributed by atoms with van der Waals surface area (Å²) in [4.78, 5) is 47.7. The number of rotatable bonds is 8. The predicted octanol–water partition coefficient (Wildman–Crippen LogP) is 4.68. The second-order valence-corrected chi connectivity index (χ2v) is 9.72. The molecule has 1 saturated carbocycles. The van der Waals surface area contributed by atoms with E-state index < -0.39 is 5.91 Å². The van der Waals surface area contributed by atoms with Gasteiger partial charge in [0.1, 0.15) is 5.82 Å². The number of hydrogen-bond donors (Lipinski definition) is 2. The second-order valence-electron chi connectivity index (χ2n) is 9.28. The van der Waals surface area contributed by atoms with Crippen molar-refractivity contribution in [3.63, 3.8) is 0 Å². The highest BCUT2D eigenvalue weighted by atomic mass is 35.5. The summed E-state index contributed by atoms with van der Waals surface area (Å²) < 4.78 is 0. The quantitative estimate of drug-likeness (QED) is 0.464. The molecule has 1 saturated heterocycles. The molecule has 0 spiro atoms. The van der Waals surface area contributed by atoms with E-state index in [9.17, 15) is 14.4 Å². The molecule has 3 amide bonds. The van der Waals surface area contributed by atoms with Crippen molar-refractivity contribution in [3.05, 3.63) is 82.8 Å². The maximum absolute atomic E-state index is 13.0. The van der Waals surface area contributed by atoms with Crippen molar-refractivity contribution in [1.82, 2.24) is 14.9 Å². The molecule has 2 fully saturated rings. The fraction of sp³-hybridized carbons (Fsp3) is 0.296. The topological polar surface area (TPSA) is 104 Å². The lowest BCUT2D eigenvalue weighted by atomic mass is 9.91. The first-order valence-corrected chi connectivity index (χ1v) is 12.4. The predicted molar refractivity (Wildman–Crippen MR) is 137 cm³/mol. The van der Waals surface area contributed by atoms with E-state index in [4.69, 9.17) is 11.6 Å². The average molecular weight is 504 g/mol. The van der Waals surface area contributed by atoms with Crippen LogP contribution in [-0.2, 0) is 10.2 Å². The first-order valence-electron chi connectivity index (χ1n) is 12.0. The van der Waals surface area contributed by atoms with E-state index in [0.717, 1.165) is 38.8 Å². The number of nitrogens with zero attached hydrogens (tertiary/aromatic N) is 3. The molecular formula is C27H26ClN5O3. The molecule has 0 atom stereocenters. The Morgan fingerprint density at radius 1 is 1.00 bits per heavy atom. The van der Waals surface area contributed by atoms with Gasteiger partial charge in [0, 0.05) is 43.7 Å². The lowest BCUT2D eigenvalue weighted by Crippen LogP contribution is -2.28. The smallest absolute Gasteiger partial charge is 0.260 e. The van der Waals surface area contributed by atoms with Crippen molar-refractivity contribution < 1.29 is 14.4 Å². The molecule has 1 aromatic carbocycles. The zero-order valence-electron chi connectivity index (χ0n) is 19.7. The molecule has 5 rings (SSSR count). The number of halogens is 1. The molecule has 9 heteroatoms. The van der Waals surface area contributed by atoms with Crippen LogP contribution in [0.2, 0.25) is 5.02 Å². The molecule has 3 heterocycles. The Morgan fingerprint density at radius 3 is 2.47 bits per heavy atom. The van der Waals surface area contributed by atoms with Crippen molar-refractivity contribution in [2.24, 2.45) is 0 Å². The largest absolute Gasteiger partial charge is 0.343 e. The van der Waals surface area contributed by atoms with E-state index in [0.29, 0.717) is 28.5 Å². The molecule has 3 aromatic rings. The number of likely N-dealkylation sites (tertiary alicyclic amines) is 1. The minimum atomic E-state index is -0.448. The van der Waals surface area contributed by atoms with Crippen LogP contribution in [0.4, 0.5) is 11.5 Å². The van der Waals surface area contributed by atoms with Crippen LogP contribution in [0.3, 0.4) is 0 Å². The van der Waals surface area contributed by atoms with Crippen LogP contribution in [0.1, 0.15) is 58.4 Å². The summed E-state index contributed by atoms with van der Waals surface area (Å²) in [6.07, 6.45) is 9.10. The van der Waals surface area contributed by atoms with Gasteiger partial charge in [-0.3, -0.25) is 19.4 Å². The maximum Gasteiger partial charge on any atom is 0.260 e. The van der Waals surface area contributed by atoms with Crippen LogP contribution in [0.15, 0.2) is 61.1 Å². The first-order chi connectivity index (χ1) is 17.4. The monoisotopic (exact) mass is 503 g/mol. The lowest BCUT2D eigenvalue weighted by molar-refractivity contribution is -0.127. The molecule has 36 heavy (non-hydrogen) atoms. The number of aromatic nitrogens is 2. The van der Waals surface area contributed by atoms with Crippen LogP contribution in [0, 0.1) is 0 Å². The number of hydrogen-bond acceptors (Lipinski definition) is 5. The van der Waals surface area contributed by atoms with E-state index in [2.05, 4.69) is 20.6 Å². The van der Waals surface area contributed by atoms with E-state index >= 15 is 0 Å². The summed E-state index contributed by atoms with van der Waals surface area (Å²) >= 11 is 5.84. The SMILES string of the molecule is O=C(Nc1ccncc1C(=O)Nc1ccc(Cl)cn1)c1ccc(C2(CCN3CCCC3=O)CC2)cc1. The summed E-state index contributed by atoms with van der Waals surface area (Å²) in [6, 6.07) is 12.4. The molecule has 0 unspecified atom stereocenters. The number of amides is 3. The Kier molecular flexibility index (Phi) is 6.69. The van der Waals surface area contributed by atoms with Crippen molar-refractivity contribution >= 4 is 40.8 Å². The van der Waals surface area contributed by atoms with Gasteiger partial charge in [-0.15, -0.1) is 0 Å². The Labute approximate surface area is 214 Å². The number of carbonyl (C=O) groups is 3. The van der Waals surface area contributed by atoms with Gasteiger partial charge < -0.3 is 15.5 Å². The number of anilines is 2. The van der Waals surface area contributed by atoms with E-state index in [1.807, 2.05) is 29.2 Å². The Morgan fingerprint density at radius 2 is 1.81 bits per heavy atom. The summed E-state index contributed by atoms with van der Waals surface area (Å²) in [7, 11) is 0. The van der Waals surface area contributed by atoms with Crippen molar-refractivity contribution in [1.29, 1.82) is 0 Å². The van der Waals surface area contributed by atoms with Gasteiger partial charge in [0.2, 0.25) is 5.91 Å². The summed E-state index contributed by atoms with van der Waals surface area (Å²) in [5.74, 6) is -0.176. The summed E-state index contributed by atoms with van der Waals surface area (Å²) in [6.45, 7) is 1.65. The van der Waals surface area contributed by atoms with Crippen LogP contribution in [-0.4, -0.2) is 45.7 Å². The van der Waals surface area contributed by atoms with Gasteiger partial charge in [0.05, 0.1) is 16.3 Å². The summed E-state index contributed by atoms with van der Waals surface area (Å²) in [5.41, 5.74) is 2.35. The molecule has 2 aliphatic rings. The fourth-order valence-electron chi connectivity index (χ4n) is 4.61. The number of carbonyl (C=O) groups excluding carboxylic acids is 3. The van der Waals surface area contributed by atoms with Crippen LogP contribution in [0.5, 0.6) is 0 Å². The normalized spacial score (nSPS) is 16.0. The first kappa shape index (κ1) is 23.9. The van der Waals surface area contributed by atoms with Gasteiger partial charge in [-0.1, -0.05) is 23.7 Å². The number of nitrogens with one attached hydrogen (secondary N) is 2. The maximum atomic E-state index is 13.0. The highest BCUT2D eigenvalue weighted by Crippen LogP contribution is 2.51. The van der Waals surface area contributed by atoms with Gasteiger partial charge in [-0.05, 0) is 67.0 Å². The fourth-order valence-corrected chi connectivity index (χ4v) is 4.72. The van der Waals surface area contributed by atoms with Crippen LogP contribution < -0.4 is 10.6 Å². The lowest BCUT2D eigenvalue weighted by Gasteiger charge is -2.21. The third-order valence-electron chi connectivity index (χ3n) is 6.93. The minimum absolute atomic E-state index is 0.101. The molecule has 0 bridgehead atoms. The highest BCUT2D eigenvalue weighted by molar-refractivity contribution is 6.30. The van der Waals surface area contributed by atoms with E-state index in [1.54, 1.807) is 18.2 Å². The van der Waals surface area contributed by atoms with Gasteiger partial charge in [-0.25, -0.2) is 4.98 Å². The van der Waals surface area contributed by atoms with Crippen molar-refractivity contribution in [2.45, 2.75) is 37.5 Å². The van der Waals surface area contributed by atoms with Crippen LogP contribution >= 0.6 is 11.6 Å². The minimum Gasteiger partial charge on any atom is -0.343 e. The molecule has 1 aliphatic heterocycles. The molecule has 0 radical (unpaired) electrons. The van der Waals surface area contributed by atoms with Crippen molar-refractivity contribution in [2.75, 3.05) is 23.7 Å². The zero-order chi connectivity index (χ0) is 25.1. The second kappa shape index (κ2) is 10.1. The van der Waals surface area contributed by atoms with Crippen LogP contribution in [0.25, 0.3) is 0 Å². The molecule has 2 aromatic heterocycles. The number of benzene rings is 1. The molecule has 1 aliphatic carbocycles. The summed E-state index contributed by atoms with van der Waals surface area (Å²) in [5, 5.41) is 5.96. The molecular weight excluding hydrogens is 478 g/mol. The van der Waals surface area contributed by atoms with Gasteiger partial charge >= 0.3 is 0 Å². The van der Waals surface area contributed by atoms with Crippen molar-refractivity contribution in [3.8, 4) is 0 Å². The van der Waals surface area contributed by atoms with Gasteiger partial charge in [-0.2, -0.15) is 0 Å². The van der Waals surface area contributed by atoms with E-state index in [1.165, 1.54) is 24.2 Å². The Bertz CT molecular complexity index is 1290. The Hall–Kier alpha value is -3.78. The van der Waals surface area contributed by atoms with Gasteiger partial charge in [0.15, 0.2) is 0 Å². The third-order valence-corrected chi connectivity index (χ3v) is 7.15. The van der Waals surface area contributed by atoms with Gasteiger partial charge in [0.25, 0.3) is 11.8 Å². The highest BCUT2D eigenvalue weighted by Gasteiger charge is 2.44. The Balaban J connectivity index is 1.24. The van der Waals surface area contributed by atoms with E-state index in [-0.39, 0.29) is 22.8 Å². The number of pyridine rings is 2. The average Bonchev–Trinajstić information content (AvgIpc) is 3.58. The standard InChI is InChI=1S/C27H26ClN5O3/c28-20-7-8-23(30-16-20)32-26(36)21-17-29-13-9-22(21)31-25(35)18-3-5-19(6-4-18)27(10-11-27)12-15-33-14-1-2-24(33)34/h3-9,13,16-17H,1-2,10-12,14-15H2,(H,29,31,35)(H,30,32,36). The molecule has 8 nitrogen and oxygen atoms in total. The molecule has 2 N–H and O–H groups in total. The molecule has 184 valence electrons. The zero-order valence-corrected chi connectivity index (χ0v) is 20.4.